The number of rotatable bonds is 5. The fourth-order valence-corrected chi connectivity index (χ4v) is 4.36. The van der Waals surface area contributed by atoms with Crippen molar-refractivity contribution in [1.29, 1.82) is 0 Å². The molecule has 1 aromatic heterocycles. The van der Waals surface area contributed by atoms with Gasteiger partial charge in [-0.2, -0.15) is 0 Å². The van der Waals surface area contributed by atoms with Crippen LogP contribution in [0.25, 0.3) is 6.08 Å². The molecular formula is C23H27N3O2. The Kier molecular flexibility index (Phi) is 5.44. The fraction of sp³-hybridized carbons (Fsp3) is 0.391. The normalized spacial score (nSPS) is 20.8. The van der Waals surface area contributed by atoms with Gasteiger partial charge in [0.05, 0.1) is 0 Å². The fourth-order valence-electron chi connectivity index (χ4n) is 4.36. The average molecular weight is 377 g/mol. The molecule has 1 fully saturated rings. The number of hydrogen-bond donors (Lipinski definition) is 1. The average Bonchev–Trinajstić information content (AvgIpc) is 2.73. The third-order valence-electron chi connectivity index (χ3n) is 5.84. The molecule has 2 bridgehead atoms. The summed E-state index contributed by atoms with van der Waals surface area (Å²) in [7, 11) is 0. The van der Waals surface area contributed by atoms with E-state index in [2.05, 4.69) is 5.32 Å². The van der Waals surface area contributed by atoms with Gasteiger partial charge in [0.1, 0.15) is 5.56 Å². The molecule has 1 aromatic carbocycles. The summed E-state index contributed by atoms with van der Waals surface area (Å²) in [4.78, 5) is 27.8. The number of hydrogen-bond acceptors (Lipinski definition) is 3. The minimum atomic E-state index is -0.186. The van der Waals surface area contributed by atoms with E-state index in [9.17, 15) is 9.59 Å². The maximum Gasteiger partial charge on any atom is 0.263 e. The largest absolute Gasteiger partial charge is 0.335 e. The molecule has 0 unspecified atom stereocenters. The second-order valence-electron chi connectivity index (χ2n) is 7.70. The Labute approximate surface area is 165 Å². The lowest BCUT2D eigenvalue weighted by molar-refractivity contribution is 0.0779. The van der Waals surface area contributed by atoms with Gasteiger partial charge in [-0.15, -0.1) is 0 Å². The summed E-state index contributed by atoms with van der Waals surface area (Å²) in [6, 6.07) is 13.7. The summed E-state index contributed by atoms with van der Waals surface area (Å²) in [5, 5.41) is 3.45. The molecule has 28 heavy (non-hydrogen) atoms. The standard InChI is InChI=1S/C23H27N3O2/c1-2-25(12-6-9-17-7-4-3-5-8-17)22(27)20-10-11-21-19-13-18(14-24-15-19)16-26(21)23(20)28/h3-11,18-19,24H,2,12-16H2,1H3/b9-6+/t18-,19+/m0/s1. The summed E-state index contributed by atoms with van der Waals surface area (Å²) in [5.41, 5.74) is 2.31. The number of nitrogens with one attached hydrogen (secondary N) is 1. The number of nitrogens with zero attached hydrogens (tertiary/aromatic N) is 2. The molecule has 1 amide bonds. The number of carbonyl (C=O) groups is 1. The van der Waals surface area contributed by atoms with E-state index < -0.39 is 0 Å². The smallest absolute Gasteiger partial charge is 0.263 e. The van der Waals surface area contributed by atoms with E-state index in [4.69, 9.17) is 0 Å². The highest BCUT2D eigenvalue weighted by Gasteiger charge is 2.32. The van der Waals surface area contributed by atoms with Crippen LogP contribution in [0.5, 0.6) is 0 Å². The van der Waals surface area contributed by atoms with Crippen molar-refractivity contribution in [3.63, 3.8) is 0 Å². The molecule has 2 aliphatic rings. The Bertz CT molecular complexity index is 933. The minimum absolute atomic E-state index is 0.135. The molecule has 2 aromatic rings. The lowest BCUT2D eigenvalue weighted by Crippen LogP contribution is -2.46. The Morgan fingerprint density at radius 2 is 2.04 bits per heavy atom. The number of aromatic nitrogens is 1. The first kappa shape index (κ1) is 18.7. The number of likely N-dealkylation sites (N-methyl/N-ethyl adjacent to an activating group) is 1. The summed E-state index contributed by atoms with van der Waals surface area (Å²) >= 11 is 0. The van der Waals surface area contributed by atoms with Crippen LogP contribution in [0.1, 0.15) is 40.9 Å². The van der Waals surface area contributed by atoms with Crippen LogP contribution in [0.4, 0.5) is 0 Å². The molecule has 1 saturated heterocycles. The van der Waals surface area contributed by atoms with Crippen LogP contribution in [0.15, 0.2) is 53.3 Å². The molecule has 146 valence electrons. The first-order valence-corrected chi connectivity index (χ1v) is 10.1. The molecule has 0 spiro atoms. The highest BCUT2D eigenvalue weighted by Crippen LogP contribution is 2.31. The quantitative estimate of drug-likeness (QED) is 0.872. The second kappa shape index (κ2) is 8.15. The highest BCUT2D eigenvalue weighted by atomic mass is 16.2. The number of pyridine rings is 1. The summed E-state index contributed by atoms with van der Waals surface area (Å²) in [6.07, 6.45) is 5.11. The minimum Gasteiger partial charge on any atom is -0.335 e. The van der Waals surface area contributed by atoms with Gasteiger partial charge >= 0.3 is 0 Å². The van der Waals surface area contributed by atoms with E-state index in [0.717, 1.165) is 30.8 Å². The molecule has 4 rings (SSSR count). The Morgan fingerprint density at radius 1 is 1.21 bits per heavy atom. The monoisotopic (exact) mass is 377 g/mol. The van der Waals surface area contributed by atoms with Crippen LogP contribution in [0, 0.1) is 5.92 Å². The summed E-state index contributed by atoms with van der Waals surface area (Å²) < 4.78 is 1.85. The van der Waals surface area contributed by atoms with Gasteiger partial charge in [0.25, 0.3) is 11.5 Å². The molecule has 5 nitrogen and oxygen atoms in total. The maximum absolute atomic E-state index is 13.1. The van der Waals surface area contributed by atoms with E-state index in [1.165, 1.54) is 0 Å². The number of piperidine rings is 1. The Morgan fingerprint density at radius 3 is 2.82 bits per heavy atom. The zero-order chi connectivity index (χ0) is 19.5. The molecule has 0 saturated carbocycles. The molecule has 1 N–H and O–H groups in total. The van der Waals surface area contributed by atoms with Crippen molar-refractivity contribution in [2.24, 2.45) is 5.92 Å². The Balaban J connectivity index is 1.54. The molecular weight excluding hydrogens is 350 g/mol. The molecule has 2 aliphatic heterocycles. The van der Waals surface area contributed by atoms with Crippen molar-refractivity contribution in [1.82, 2.24) is 14.8 Å². The molecule has 0 aliphatic carbocycles. The first-order chi connectivity index (χ1) is 13.7. The predicted molar refractivity (Wildman–Crippen MR) is 111 cm³/mol. The van der Waals surface area contributed by atoms with Gasteiger partial charge in [0.2, 0.25) is 0 Å². The SMILES string of the molecule is CCN(C/C=C/c1ccccc1)C(=O)c1ccc2n(c1=O)C[C@@H]1CNC[C@H]2C1. The van der Waals surface area contributed by atoms with Crippen molar-refractivity contribution in [3.05, 3.63) is 75.7 Å². The molecule has 5 heteroatoms. The van der Waals surface area contributed by atoms with Gasteiger partial charge in [-0.3, -0.25) is 9.59 Å². The summed E-state index contributed by atoms with van der Waals surface area (Å²) in [6.45, 7) is 5.56. The molecule has 2 atom stereocenters. The van der Waals surface area contributed by atoms with Crippen molar-refractivity contribution < 1.29 is 4.79 Å². The van der Waals surface area contributed by atoms with Gasteiger partial charge in [-0.05, 0) is 43.5 Å². The zero-order valence-electron chi connectivity index (χ0n) is 16.3. The van der Waals surface area contributed by atoms with Crippen LogP contribution >= 0.6 is 0 Å². The van der Waals surface area contributed by atoms with Crippen LogP contribution in [0.2, 0.25) is 0 Å². The third kappa shape index (κ3) is 3.67. The zero-order valence-corrected chi connectivity index (χ0v) is 16.3. The van der Waals surface area contributed by atoms with Crippen LogP contribution in [-0.4, -0.2) is 41.6 Å². The topological polar surface area (TPSA) is 54.3 Å². The van der Waals surface area contributed by atoms with Crippen LogP contribution < -0.4 is 10.9 Å². The highest BCUT2D eigenvalue weighted by molar-refractivity contribution is 5.94. The second-order valence-corrected chi connectivity index (χ2v) is 7.70. The van der Waals surface area contributed by atoms with E-state index in [1.54, 1.807) is 11.0 Å². The van der Waals surface area contributed by atoms with Gasteiger partial charge in [0.15, 0.2) is 0 Å². The molecule has 0 radical (unpaired) electrons. The lowest BCUT2D eigenvalue weighted by Gasteiger charge is -2.37. The summed E-state index contributed by atoms with van der Waals surface area (Å²) in [5.74, 6) is 0.667. The van der Waals surface area contributed by atoms with Gasteiger partial charge in [-0.1, -0.05) is 42.5 Å². The van der Waals surface area contributed by atoms with E-state index in [0.29, 0.717) is 31.5 Å². The van der Waals surface area contributed by atoms with E-state index >= 15 is 0 Å². The lowest BCUT2D eigenvalue weighted by atomic mass is 9.84. The first-order valence-electron chi connectivity index (χ1n) is 10.1. The van der Waals surface area contributed by atoms with Crippen LogP contribution in [0.3, 0.4) is 0 Å². The Hall–Kier alpha value is -2.66. The molecule has 3 heterocycles. The maximum atomic E-state index is 13.1. The van der Waals surface area contributed by atoms with Crippen molar-refractivity contribution in [3.8, 4) is 0 Å². The van der Waals surface area contributed by atoms with E-state index in [1.807, 2.05) is 60.0 Å². The van der Waals surface area contributed by atoms with Crippen molar-refractivity contribution in [2.45, 2.75) is 25.8 Å². The van der Waals surface area contributed by atoms with Crippen LogP contribution in [-0.2, 0) is 6.54 Å². The number of benzene rings is 1. The third-order valence-corrected chi connectivity index (χ3v) is 5.84. The van der Waals surface area contributed by atoms with Crippen molar-refractivity contribution in [2.75, 3.05) is 26.2 Å². The van der Waals surface area contributed by atoms with Crippen molar-refractivity contribution >= 4 is 12.0 Å². The van der Waals surface area contributed by atoms with E-state index in [-0.39, 0.29) is 17.0 Å². The number of amides is 1. The van der Waals surface area contributed by atoms with Gasteiger partial charge < -0.3 is 14.8 Å². The predicted octanol–water partition coefficient (Wildman–Crippen LogP) is 2.73. The number of fused-ring (bicyclic) bond motifs is 4. The van der Waals surface area contributed by atoms with Gasteiger partial charge in [-0.25, -0.2) is 0 Å². The number of carbonyl (C=O) groups excluding carboxylic acids is 1. The van der Waals surface area contributed by atoms with Gasteiger partial charge in [0, 0.05) is 37.8 Å².